The van der Waals surface area contributed by atoms with E-state index in [0.29, 0.717) is 51.3 Å². The molecule has 0 atom stereocenters. The maximum Gasteiger partial charge on any atom is 0.203 e. The van der Waals surface area contributed by atoms with Crippen molar-refractivity contribution >= 4 is 50.9 Å². The van der Waals surface area contributed by atoms with Gasteiger partial charge in [-0.05, 0) is 36.4 Å². The number of nitrogens with zero attached hydrogens (tertiary/aromatic N) is 6. The molecule has 4 aromatic carbocycles. The lowest BCUT2D eigenvalue weighted by atomic mass is 10.2. The van der Waals surface area contributed by atoms with Gasteiger partial charge in [-0.15, -0.1) is 0 Å². The van der Waals surface area contributed by atoms with Crippen molar-refractivity contribution in [2.24, 2.45) is 0 Å². The molecular weight excluding hydrogens is 748 g/mol. The second kappa shape index (κ2) is 18.4. The molecule has 4 aromatic heterocycles. The van der Waals surface area contributed by atoms with Gasteiger partial charge in [0.05, 0.1) is 77.5 Å². The average Bonchev–Trinajstić information content (AvgIpc) is 3.91. The first kappa shape index (κ1) is 39.5. The van der Waals surface area contributed by atoms with Gasteiger partial charge in [0.25, 0.3) is 0 Å². The Morgan fingerprint density at radius 2 is 1.00 bits per heavy atom. The number of para-hydroxylation sites is 2. The number of fused-ring (bicyclic) bond motifs is 2. The highest BCUT2D eigenvalue weighted by Crippen LogP contribution is 2.40. The van der Waals surface area contributed by atoms with Crippen LogP contribution >= 0.6 is 11.6 Å². The molecule has 0 aliphatic heterocycles. The number of pyridine rings is 2. The van der Waals surface area contributed by atoms with E-state index in [0.717, 1.165) is 39.0 Å². The molecule has 0 saturated heterocycles. The van der Waals surface area contributed by atoms with E-state index in [4.69, 9.17) is 45.8 Å². The second-order valence-corrected chi connectivity index (χ2v) is 12.4. The molecule has 0 fully saturated rings. The lowest BCUT2D eigenvalue weighted by Crippen LogP contribution is -1.98. The molecule has 8 rings (SSSR count). The molecule has 0 spiro atoms. The number of nitrogens with two attached hydrogens (primary N) is 1. The molecule has 0 aliphatic rings. The number of aromatic nitrogens is 6. The molecule has 57 heavy (non-hydrogen) atoms. The molecule has 292 valence electrons. The number of hydrogen-bond donors (Lipinski definition) is 2. The Kier molecular flexibility index (Phi) is 12.8. The number of methoxy groups -OCH3 is 6. The lowest BCUT2D eigenvalue weighted by Gasteiger charge is -2.14. The van der Waals surface area contributed by atoms with Gasteiger partial charge in [0.1, 0.15) is 35.3 Å². The largest absolute Gasteiger partial charge is 0.493 e. The number of ether oxygens (including phenoxy) is 6. The van der Waals surface area contributed by atoms with Crippen molar-refractivity contribution in [3.05, 3.63) is 127 Å². The third-order valence-corrected chi connectivity index (χ3v) is 8.71. The summed E-state index contributed by atoms with van der Waals surface area (Å²) in [5, 5.41) is 6.00. The van der Waals surface area contributed by atoms with Crippen LogP contribution in [0.3, 0.4) is 0 Å². The van der Waals surface area contributed by atoms with Gasteiger partial charge in [-0.3, -0.25) is 0 Å². The number of hydrogen-bond acceptors (Lipinski definition) is 12. The van der Waals surface area contributed by atoms with Crippen molar-refractivity contribution in [1.82, 2.24) is 29.1 Å². The highest BCUT2D eigenvalue weighted by molar-refractivity contribution is 6.29. The molecule has 0 aliphatic carbocycles. The average molecular weight is 789 g/mol. The smallest absolute Gasteiger partial charge is 0.203 e. The highest BCUT2D eigenvalue weighted by atomic mass is 35.5. The van der Waals surface area contributed by atoms with Crippen LogP contribution in [0.2, 0.25) is 5.15 Å². The Morgan fingerprint density at radius 1 is 0.526 bits per heavy atom. The first-order valence-corrected chi connectivity index (χ1v) is 17.7. The zero-order chi connectivity index (χ0) is 40.3. The fraction of sp³-hybridized carbons (Fsp3) is 0.143. The first-order valence-electron chi connectivity index (χ1n) is 17.4. The number of rotatable bonds is 10. The zero-order valence-electron chi connectivity index (χ0n) is 32.1. The number of imidazole rings is 2. The van der Waals surface area contributed by atoms with Crippen LogP contribution < -0.4 is 39.5 Å². The standard InChI is InChI=1S/C21H20N4O3.C12H15N3O3.C9H6ClN/c1-26-17-10-15(11-18(27-2)21(17)28-3)25-12-20(22-13-25)24-19-9-8-14-6-4-5-7-16(14)23-19;1-16-9-4-8(15-6-11(13)14-7-15)5-10(17-2)12(9)18-3;10-9-6-5-7-3-1-2-4-8(7)11-9/h4-13H,1-3H3,(H,23,24);4-7H,13H2,1-3H3;1-6H. The number of benzene rings is 4. The van der Waals surface area contributed by atoms with E-state index in [1.54, 1.807) is 72.1 Å². The predicted molar refractivity (Wildman–Crippen MR) is 223 cm³/mol. The summed E-state index contributed by atoms with van der Waals surface area (Å²) in [5.41, 5.74) is 9.13. The maximum absolute atomic E-state index is 5.71. The summed E-state index contributed by atoms with van der Waals surface area (Å²) in [7, 11) is 9.47. The molecule has 0 bridgehead atoms. The van der Waals surface area contributed by atoms with Crippen molar-refractivity contribution in [2.45, 2.75) is 0 Å². The van der Waals surface area contributed by atoms with Gasteiger partial charge in [0, 0.05) is 35.0 Å². The third kappa shape index (κ3) is 9.37. The number of nitrogens with one attached hydrogen (secondary N) is 1. The van der Waals surface area contributed by atoms with Crippen LogP contribution in [0.1, 0.15) is 0 Å². The molecule has 3 N–H and O–H groups in total. The van der Waals surface area contributed by atoms with Crippen LogP contribution in [0.4, 0.5) is 17.5 Å². The Bertz CT molecular complexity index is 2540. The van der Waals surface area contributed by atoms with E-state index in [1.165, 1.54) is 0 Å². The third-order valence-electron chi connectivity index (χ3n) is 8.50. The molecular formula is C42H41ClN8O6. The van der Waals surface area contributed by atoms with Crippen molar-refractivity contribution in [3.8, 4) is 45.9 Å². The molecule has 0 radical (unpaired) electrons. The Balaban J connectivity index is 0.000000161. The summed E-state index contributed by atoms with van der Waals surface area (Å²) in [5.74, 6) is 5.28. The van der Waals surface area contributed by atoms with Gasteiger partial charge in [-0.2, -0.15) is 0 Å². The summed E-state index contributed by atoms with van der Waals surface area (Å²) < 4.78 is 35.7. The minimum atomic E-state index is 0.448. The molecule has 0 unspecified atom stereocenters. The fourth-order valence-corrected chi connectivity index (χ4v) is 5.90. The van der Waals surface area contributed by atoms with Gasteiger partial charge in [-0.25, -0.2) is 19.9 Å². The maximum atomic E-state index is 5.71. The number of halogens is 1. The van der Waals surface area contributed by atoms with Gasteiger partial charge < -0.3 is 48.6 Å². The minimum absolute atomic E-state index is 0.448. The molecule has 8 aromatic rings. The molecule has 0 amide bonds. The quantitative estimate of drug-likeness (QED) is 0.128. The SMILES string of the molecule is COc1cc(-n2cnc(N)c2)cc(OC)c1OC.COc1cc(-n2cnc(Nc3ccc4ccccc4n3)c2)cc(OC)c1OC.Clc1ccc2ccccc2n1. The summed E-state index contributed by atoms with van der Waals surface area (Å²) in [6.07, 6.45) is 6.92. The number of anilines is 3. The van der Waals surface area contributed by atoms with Crippen molar-refractivity contribution in [1.29, 1.82) is 0 Å². The summed E-state index contributed by atoms with van der Waals surface area (Å²) in [6, 6.07) is 31.0. The van der Waals surface area contributed by atoms with E-state index in [9.17, 15) is 0 Å². The summed E-state index contributed by atoms with van der Waals surface area (Å²) in [4.78, 5) is 17.1. The van der Waals surface area contributed by atoms with Crippen molar-refractivity contribution in [3.63, 3.8) is 0 Å². The number of nitrogen functional groups attached to an aromatic ring is 1. The summed E-state index contributed by atoms with van der Waals surface area (Å²) in [6.45, 7) is 0. The predicted octanol–water partition coefficient (Wildman–Crippen LogP) is 8.56. The van der Waals surface area contributed by atoms with E-state index in [-0.39, 0.29) is 0 Å². The zero-order valence-corrected chi connectivity index (χ0v) is 32.9. The van der Waals surface area contributed by atoms with Crippen LogP contribution in [0.25, 0.3) is 33.2 Å². The Labute approximate surface area is 334 Å². The van der Waals surface area contributed by atoms with Crippen LogP contribution in [-0.2, 0) is 0 Å². The van der Waals surface area contributed by atoms with Gasteiger partial charge in [-0.1, -0.05) is 48.0 Å². The van der Waals surface area contributed by atoms with Crippen LogP contribution in [0.5, 0.6) is 34.5 Å². The van der Waals surface area contributed by atoms with E-state index < -0.39 is 0 Å². The van der Waals surface area contributed by atoms with Crippen molar-refractivity contribution < 1.29 is 28.4 Å². The highest BCUT2D eigenvalue weighted by Gasteiger charge is 2.16. The van der Waals surface area contributed by atoms with Crippen LogP contribution in [0, 0.1) is 0 Å². The molecule has 0 saturated carbocycles. The second-order valence-electron chi connectivity index (χ2n) is 12.0. The topological polar surface area (TPSA) is 155 Å². The minimum Gasteiger partial charge on any atom is -0.493 e. The fourth-order valence-electron chi connectivity index (χ4n) is 5.75. The van der Waals surface area contributed by atoms with Gasteiger partial charge in [0.2, 0.25) is 11.5 Å². The summed E-state index contributed by atoms with van der Waals surface area (Å²) >= 11 is 5.71. The Morgan fingerprint density at radius 3 is 1.49 bits per heavy atom. The molecule has 15 heteroatoms. The normalized spacial score (nSPS) is 10.4. The monoisotopic (exact) mass is 788 g/mol. The van der Waals surface area contributed by atoms with Crippen molar-refractivity contribution in [2.75, 3.05) is 53.7 Å². The van der Waals surface area contributed by atoms with Gasteiger partial charge in [0.15, 0.2) is 23.0 Å². The van der Waals surface area contributed by atoms with Crippen LogP contribution in [0.15, 0.2) is 122 Å². The van der Waals surface area contributed by atoms with E-state index >= 15 is 0 Å². The first-order chi connectivity index (χ1) is 27.8. The van der Waals surface area contributed by atoms with Crippen LogP contribution in [-0.4, -0.2) is 71.7 Å². The van der Waals surface area contributed by atoms with E-state index in [2.05, 4.69) is 25.3 Å². The Hall–Kier alpha value is -7.19. The van der Waals surface area contributed by atoms with Gasteiger partial charge >= 0.3 is 0 Å². The van der Waals surface area contributed by atoms with E-state index in [1.807, 2.05) is 102 Å². The molecule has 4 heterocycles. The molecule has 14 nitrogen and oxygen atoms in total. The lowest BCUT2D eigenvalue weighted by molar-refractivity contribution is 0.324.